The van der Waals surface area contributed by atoms with E-state index in [1.807, 2.05) is 25.1 Å². The van der Waals surface area contributed by atoms with Crippen LogP contribution in [-0.2, 0) is 0 Å². The Bertz CT molecular complexity index is 603. The largest absolute Gasteiger partial charge is 0.497 e. The maximum Gasteiger partial charge on any atom is 0.205 e. The summed E-state index contributed by atoms with van der Waals surface area (Å²) in [5.74, 6) is 7.58. The van der Waals surface area contributed by atoms with Gasteiger partial charge in [-0.15, -0.1) is 0 Å². The molecule has 0 atom stereocenters. The molecule has 0 amide bonds. The monoisotopic (exact) mass is 275 g/mol. The molecule has 0 aliphatic rings. The van der Waals surface area contributed by atoms with Crippen LogP contribution in [-0.4, -0.2) is 24.2 Å². The number of aryl methyl sites for hydroxylation is 1. The number of methoxy groups -OCH3 is 2. The average Bonchev–Trinajstić information content (AvgIpc) is 2.48. The van der Waals surface area contributed by atoms with E-state index in [2.05, 4.69) is 20.7 Å². The summed E-state index contributed by atoms with van der Waals surface area (Å²) in [6.45, 7) is 1.97. The lowest BCUT2D eigenvalue weighted by Crippen LogP contribution is -2.11. The van der Waals surface area contributed by atoms with E-state index in [0.29, 0.717) is 17.4 Å². The molecule has 20 heavy (non-hydrogen) atoms. The van der Waals surface area contributed by atoms with E-state index in [0.717, 1.165) is 17.0 Å². The number of nitrogen functional groups attached to an aromatic ring is 1. The predicted molar refractivity (Wildman–Crippen MR) is 77.4 cm³/mol. The predicted octanol–water partition coefficient (Wildman–Crippen LogP) is 1.83. The Kier molecular flexibility index (Phi) is 4.21. The molecule has 0 aliphatic carbocycles. The molecular formula is C13H17N5O2. The summed E-state index contributed by atoms with van der Waals surface area (Å²) in [5.41, 5.74) is 4.38. The fourth-order valence-electron chi connectivity index (χ4n) is 1.79. The van der Waals surface area contributed by atoms with Crippen molar-refractivity contribution < 1.29 is 9.47 Å². The number of anilines is 3. The third kappa shape index (κ3) is 2.72. The molecule has 0 aliphatic heterocycles. The van der Waals surface area contributed by atoms with Gasteiger partial charge in [-0.2, -0.15) is 0 Å². The molecule has 0 radical (unpaired) electrons. The van der Waals surface area contributed by atoms with Crippen molar-refractivity contribution in [3.8, 4) is 11.5 Å². The second-order valence-corrected chi connectivity index (χ2v) is 4.05. The van der Waals surface area contributed by atoms with Gasteiger partial charge in [0, 0.05) is 5.69 Å². The summed E-state index contributed by atoms with van der Waals surface area (Å²) in [6, 6.07) is 5.70. The van der Waals surface area contributed by atoms with E-state index in [9.17, 15) is 0 Å². The highest BCUT2D eigenvalue weighted by atomic mass is 16.5. The van der Waals surface area contributed by atoms with Gasteiger partial charge in [-0.05, 0) is 30.7 Å². The topological polar surface area (TPSA) is 94.3 Å². The minimum atomic E-state index is 0.413. The van der Waals surface area contributed by atoms with Crippen LogP contribution in [0.2, 0.25) is 0 Å². The van der Waals surface area contributed by atoms with E-state index < -0.39 is 0 Å². The first kappa shape index (κ1) is 13.9. The molecular weight excluding hydrogens is 258 g/mol. The SMILES string of the molecule is COc1ccc(Nc2ncnc(NN)c2OC)c(C)c1. The summed E-state index contributed by atoms with van der Waals surface area (Å²) in [4.78, 5) is 8.15. The molecule has 7 nitrogen and oxygen atoms in total. The molecule has 0 unspecified atom stereocenters. The molecule has 0 fully saturated rings. The molecule has 0 bridgehead atoms. The summed E-state index contributed by atoms with van der Waals surface area (Å²) >= 11 is 0. The van der Waals surface area contributed by atoms with Gasteiger partial charge in [0.15, 0.2) is 11.6 Å². The first-order valence-corrected chi connectivity index (χ1v) is 5.97. The van der Waals surface area contributed by atoms with Crippen molar-refractivity contribution in [3.05, 3.63) is 30.1 Å². The van der Waals surface area contributed by atoms with Gasteiger partial charge in [0.2, 0.25) is 5.75 Å². The quantitative estimate of drug-likeness (QED) is 0.566. The molecule has 1 aromatic heterocycles. The van der Waals surface area contributed by atoms with Gasteiger partial charge in [-0.1, -0.05) is 0 Å². The van der Waals surface area contributed by atoms with Crippen LogP contribution in [0.4, 0.5) is 17.3 Å². The molecule has 106 valence electrons. The number of nitrogens with zero attached hydrogens (tertiary/aromatic N) is 2. The van der Waals surface area contributed by atoms with Crippen LogP contribution in [0.1, 0.15) is 5.56 Å². The number of nitrogens with two attached hydrogens (primary N) is 1. The van der Waals surface area contributed by atoms with Crippen LogP contribution in [0.3, 0.4) is 0 Å². The molecule has 2 aromatic rings. The van der Waals surface area contributed by atoms with E-state index in [-0.39, 0.29) is 0 Å². The van der Waals surface area contributed by atoms with Crippen LogP contribution in [0, 0.1) is 6.92 Å². The lowest BCUT2D eigenvalue weighted by Gasteiger charge is -2.14. The Morgan fingerprint density at radius 2 is 1.85 bits per heavy atom. The molecule has 0 saturated carbocycles. The summed E-state index contributed by atoms with van der Waals surface area (Å²) in [5, 5.41) is 3.19. The van der Waals surface area contributed by atoms with Crippen LogP contribution in [0.15, 0.2) is 24.5 Å². The minimum absolute atomic E-state index is 0.413. The van der Waals surface area contributed by atoms with Crippen molar-refractivity contribution in [2.75, 3.05) is 25.0 Å². The molecule has 1 aromatic carbocycles. The number of hydrogen-bond acceptors (Lipinski definition) is 7. The molecule has 4 N–H and O–H groups in total. The fraction of sp³-hybridized carbons (Fsp3) is 0.231. The number of hydrogen-bond donors (Lipinski definition) is 3. The highest BCUT2D eigenvalue weighted by molar-refractivity contribution is 5.70. The number of rotatable bonds is 5. The van der Waals surface area contributed by atoms with E-state index >= 15 is 0 Å². The lowest BCUT2D eigenvalue weighted by molar-refractivity contribution is 0.414. The number of aromatic nitrogens is 2. The molecule has 7 heteroatoms. The van der Waals surface area contributed by atoms with Crippen molar-refractivity contribution in [2.24, 2.45) is 5.84 Å². The third-order valence-corrected chi connectivity index (χ3v) is 2.83. The zero-order valence-corrected chi connectivity index (χ0v) is 11.6. The highest BCUT2D eigenvalue weighted by Gasteiger charge is 2.12. The molecule has 0 saturated heterocycles. The van der Waals surface area contributed by atoms with Gasteiger partial charge in [-0.25, -0.2) is 15.8 Å². The smallest absolute Gasteiger partial charge is 0.205 e. The number of hydrazine groups is 1. The molecule has 1 heterocycles. The summed E-state index contributed by atoms with van der Waals surface area (Å²) < 4.78 is 10.4. The first-order chi connectivity index (χ1) is 9.69. The van der Waals surface area contributed by atoms with Gasteiger partial charge in [0.25, 0.3) is 0 Å². The maximum atomic E-state index is 5.39. The van der Waals surface area contributed by atoms with Crippen molar-refractivity contribution in [3.63, 3.8) is 0 Å². The zero-order chi connectivity index (χ0) is 14.5. The van der Waals surface area contributed by atoms with Crippen LogP contribution >= 0.6 is 0 Å². The second kappa shape index (κ2) is 6.07. The van der Waals surface area contributed by atoms with Crippen molar-refractivity contribution in [2.45, 2.75) is 6.92 Å². The van der Waals surface area contributed by atoms with E-state index in [4.69, 9.17) is 15.3 Å². The fourth-order valence-corrected chi connectivity index (χ4v) is 1.79. The van der Waals surface area contributed by atoms with Gasteiger partial charge < -0.3 is 20.2 Å². The van der Waals surface area contributed by atoms with E-state index in [1.54, 1.807) is 7.11 Å². The van der Waals surface area contributed by atoms with Crippen LogP contribution in [0.25, 0.3) is 0 Å². The van der Waals surface area contributed by atoms with Crippen molar-refractivity contribution in [1.29, 1.82) is 0 Å². The zero-order valence-electron chi connectivity index (χ0n) is 11.6. The van der Waals surface area contributed by atoms with Crippen molar-refractivity contribution >= 4 is 17.3 Å². The van der Waals surface area contributed by atoms with Crippen LogP contribution in [0.5, 0.6) is 11.5 Å². The second-order valence-electron chi connectivity index (χ2n) is 4.05. The van der Waals surface area contributed by atoms with Gasteiger partial charge >= 0.3 is 0 Å². The standard InChI is InChI=1S/C13H17N5O2/c1-8-6-9(19-2)4-5-10(8)17-12-11(20-3)13(18-14)16-7-15-12/h4-7H,14H2,1-3H3,(H2,15,16,17,18). The lowest BCUT2D eigenvalue weighted by atomic mass is 10.2. The highest BCUT2D eigenvalue weighted by Crippen LogP contribution is 2.32. The summed E-state index contributed by atoms with van der Waals surface area (Å²) in [7, 11) is 3.17. The molecule has 0 spiro atoms. The normalized spacial score (nSPS) is 10.0. The minimum Gasteiger partial charge on any atom is -0.497 e. The van der Waals surface area contributed by atoms with E-state index in [1.165, 1.54) is 13.4 Å². The first-order valence-electron chi connectivity index (χ1n) is 5.97. The maximum absolute atomic E-state index is 5.39. The number of ether oxygens (including phenoxy) is 2. The molecule has 2 rings (SSSR count). The number of benzene rings is 1. The van der Waals surface area contributed by atoms with Crippen LogP contribution < -0.4 is 26.1 Å². The Balaban J connectivity index is 2.35. The van der Waals surface area contributed by atoms with Gasteiger partial charge in [0.05, 0.1) is 14.2 Å². The summed E-state index contributed by atoms with van der Waals surface area (Å²) in [6.07, 6.45) is 1.40. The van der Waals surface area contributed by atoms with Gasteiger partial charge in [0.1, 0.15) is 12.1 Å². The Morgan fingerprint density at radius 1 is 1.10 bits per heavy atom. The van der Waals surface area contributed by atoms with Gasteiger partial charge in [-0.3, -0.25) is 0 Å². The Hall–Kier alpha value is -2.54. The number of nitrogens with one attached hydrogen (secondary N) is 2. The Labute approximate surface area is 117 Å². The third-order valence-electron chi connectivity index (χ3n) is 2.83. The average molecular weight is 275 g/mol. The Morgan fingerprint density at radius 3 is 2.45 bits per heavy atom. The van der Waals surface area contributed by atoms with Crippen molar-refractivity contribution in [1.82, 2.24) is 9.97 Å².